The number of allylic oxidation sites excluding steroid dienone is 1. The van der Waals surface area contributed by atoms with Crippen molar-refractivity contribution in [1.82, 2.24) is 15.5 Å². The SMILES string of the molecule is C=C1CCC(N2Cc3cc(C[C@H]4CCCC[C@@H]4NC4CCOC4)ccc3C2=O)C(=O)N1. The van der Waals surface area contributed by atoms with Gasteiger partial charge in [-0.05, 0) is 61.6 Å². The van der Waals surface area contributed by atoms with Crippen LogP contribution in [0.3, 0.4) is 0 Å². The number of nitrogens with zero attached hydrogens (tertiary/aromatic N) is 1. The number of rotatable bonds is 5. The van der Waals surface area contributed by atoms with Crippen LogP contribution in [0.1, 0.15) is 66.4 Å². The summed E-state index contributed by atoms with van der Waals surface area (Å²) in [7, 11) is 0. The van der Waals surface area contributed by atoms with Crippen molar-refractivity contribution in [2.24, 2.45) is 5.92 Å². The molecule has 6 nitrogen and oxygen atoms in total. The van der Waals surface area contributed by atoms with E-state index in [-0.39, 0.29) is 11.8 Å². The van der Waals surface area contributed by atoms with Crippen molar-refractivity contribution < 1.29 is 14.3 Å². The van der Waals surface area contributed by atoms with Crippen molar-refractivity contribution in [3.63, 3.8) is 0 Å². The first kappa shape index (κ1) is 20.7. The van der Waals surface area contributed by atoms with Crippen molar-refractivity contribution >= 4 is 11.8 Å². The fourth-order valence-corrected chi connectivity index (χ4v) is 5.78. The highest BCUT2D eigenvalue weighted by molar-refractivity contribution is 6.01. The Balaban J connectivity index is 1.27. The summed E-state index contributed by atoms with van der Waals surface area (Å²) in [5, 5.41) is 6.68. The van der Waals surface area contributed by atoms with Gasteiger partial charge in [0.25, 0.3) is 5.91 Å². The van der Waals surface area contributed by atoms with Crippen molar-refractivity contribution in [2.45, 2.75) is 76.0 Å². The molecule has 0 aromatic heterocycles. The van der Waals surface area contributed by atoms with Crippen LogP contribution in [-0.4, -0.2) is 48.1 Å². The summed E-state index contributed by atoms with van der Waals surface area (Å²) in [4.78, 5) is 27.1. The minimum Gasteiger partial charge on any atom is -0.380 e. The van der Waals surface area contributed by atoms with E-state index >= 15 is 0 Å². The molecule has 1 aromatic carbocycles. The summed E-state index contributed by atoms with van der Waals surface area (Å²) in [6.07, 6.45) is 8.61. The van der Waals surface area contributed by atoms with Gasteiger partial charge in [0.2, 0.25) is 5.91 Å². The molecule has 6 heteroatoms. The van der Waals surface area contributed by atoms with Gasteiger partial charge in [-0.3, -0.25) is 9.59 Å². The van der Waals surface area contributed by atoms with Gasteiger partial charge in [-0.15, -0.1) is 0 Å². The topological polar surface area (TPSA) is 70.7 Å². The van der Waals surface area contributed by atoms with Gasteiger partial charge in [-0.1, -0.05) is 31.6 Å². The number of amides is 2. The zero-order valence-corrected chi connectivity index (χ0v) is 18.2. The van der Waals surface area contributed by atoms with Gasteiger partial charge in [0.1, 0.15) is 6.04 Å². The molecule has 0 bridgehead atoms. The molecule has 2 amide bonds. The molecule has 3 heterocycles. The Labute approximate surface area is 184 Å². The van der Waals surface area contributed by atoms with Crippen LogP contribution in [0.25, 0.3) is 0 Å². The second-order valence-electron chi connectivity index (χ2n) is 9.65. The lowest BCUT2D eigenvalue weighted by Crippen LogP contribution is -2.49. The smallest absolute Gasteiger partial charge is 0.255 e. The minimum atomic E-state index is -0.394. The molecule has 1 saturated carbocycles. The van der Waals surface area contributed by atoms with Gasteiger partial charge in [-0.25, -0.2) is 0 Å². The lowest BCUT2D eigenvalue weighted by Gasteiger charge is -2.34. The number of benzene rings is 1. The Morgan fingerprint density at radius 3 is 2.84 bits per heavy atom. The van der Waals surface area contributed by atoms with Gasteiger partial charge in [0.15, 0.2) is 0 Å². The van der Waals surface area contributed by atoms with Gasteiger partial charge in [0.05, 0.1) is 6.61 Å². The maximum absolute atomic E-state index is 13.0. The van der Waals surface area contributed by atoms with Crippen LogP contribution in [0.2, 0.25) is 0 Å². The Hall–Kier alpha value is -2.18. The monoisotopic (exact) mass is 423 g/mol. The van der Waals surface area contributed by atoms with Gasteiger partial charge >= 0.3 is 0 Å². The van der Waals surface area contributed by atoms with Crippen LogP contribution in [0.15, 0.2) is 30.5 Å². The average molecular weight is 424 g/mol. The van der Waals surface area contributed by atoms with Crippen LogP contribution < -0.4 is 10.6 Å². The molecule has 4 aliphatic rings. The third-order valence-corrected chi connectivity index (χ3v) is 7.49. The van der Waals surface area contributed by atoms with E-state index in [0.29, 0.717) is 31.0 Å². The standard InChI is InChI=1S/C25H33N3O3/c1-16-6-9-23(24(29)26-16)28-14-19-13-17(7-8-21(19)25(28)30)12-18-4-2-3-5-22(18)27-20-10-11-31-15-20/h7-8,13,18,20,22-23,27H,1-6,9-12,14-15H2,(H,26,29)/t18-,20?,22+,23?/m1/s1. The largest absolute Gasteiger partial charge is 0.380 e. The first-order chi connectivity index (χ1) is 15.1. The highest BCUT2D eigenvalue weighted by atomic mass is 16.5. The molecule has 2 unspecified atom stereocenters. The summed E-state index contributed by atoms with van der Waals surface area (Å²) in [6.45, 7) is 6.08. The lowest BCUT2D eigenvalue weighted by atomic mass is 9.80. The summed E-state index contributed by atoms with van der Waals surface area (Å²) < 4.78 is 5.55. The van der Waals surface area contributed by atoms with Crippen molar-refractivity contribution in [1.29, 1.82) is 0 Å². The number of hydrogen-bond acceptors (Lipinski definition) is 4. The third kappa shape index (κ3) is 4.28. The molecule has 1 aromatic rings. The third-order valence-electron chi connectivity index (χ3n) is 7.49. The van der Waals surface area contributed by atoms with Crippen molar-refractivity contribution in [3.8, 4) is 0 Å². The molecule has 1 aliphatic carbocycles. The van der Waals surface area contributed by atoms with Crippen molar-refractivity contribution in [3.05, 3.63) is 47.2 Å². The molecule has 3 aliphatic heterocycles. The fourth-order valence-electron chi connectivity index (χ4n) is 5.78. The van der Waals surface area contributed by atoms with Crippen molar-refractivity contribution in [2.75, 3.05) is 13.2 Å². The predicted molar refractivity (Wildman–Crippen MR) is 118 cm³/mol. The number of carbonyl (C=O) groups excluding carboxylic acids is 2. The van der Waals surface area contributed by atoms with E-state index in [4.69, 9.17) is 4.74 Å². The van der Waals surface area contributed by atoms with Gasteiger partial charge in [0, 0.05) is 36.5 Å². The van der Waals surface area contributed by atoms with Crippen LogP contribution in [0, 0.1) is 5.92 Å². The van der Waals surface area contributed by atoms with Crippen LogP contribution in [0.5, 0.6) is 0 Å². The van der Waals surface area contributed by atoms with Gasteiger partial charge < -0.3 is 20.3 Å². The number of nitrogens with one attached hydrogen (secondary N) is 2. The first-order valence-corrected chi connectivity index (χ1v) is 11.8. The molecule has 0 spiro atoms. The summed E-state index contributed by atoms with van der Waals surface area (Å²) in [5.74, 6) is 0.494. The van der Waals surface area contributed by atoms with Gasteiger partial charge in [-0.2, -0.15) is 0 Å². The number of fused-ring (bicyclic) bond motifs is 1. The molecular formula is C25H33N3O3. The Morgan fingerprint density at radius 1 is 1.16 bits per heavy atom. The van der Waals surface area contributed by atoms with E-state index in [9.17, 15) is 9.59 Å². The van der Waals surface area contributed by atoms with Crippen LogP contribution >= 0.6 is 0 Å². The highest BCUT2D eigenvalue weighted by Gasteiger charge is 2.38. The highest BCUT2D eigenvalue weighted by Crippen LogP contribution is 2.32. The maximum Gasteiger partial charge on any atom is 0.255 e. The lowest BCUT2D eigenvalue weighted by molar-refractivity contribution is -0.126. The Bertz CT molecular complexity index is 877. The summed E-state index contributed by atoms with van der Waals surface area (Å²) >= 11 is 0. The number of carbonyl (C=O) groups is 2. The molecule has 2 saturated heterocycles. The zero-order valence-electron chi connectivity index (χ0n) is 18.2. The average Bonchev–Trinajstić information content (AvgIpc) is 3.37. The number of ether oxygens (including phenoxy) is 1. The number of piperidine rings is 1. The molecule has 31 heavy (non-hydrogen) atoms. The van der Waals surface area contributed by atoms with E-state index in [1.54, 1.807) is 4.90 Å². The second-order valence-corrected chi connectivity index (χ2v) is 9.65. The van der Waals surface area contributed by atoms with E-state index in [2.05, 4.69) is 29.3 Å². The minimum absolute atomic E-state index is 0.0207. The normalized spacial score (nSPS) is 31.1. The molecule has 4 atom stereocenters. The Kier molecular flexibility index (Phi) is 5.85. The van der Waals surface area contributed by atoms with E-state index in [1.807, 2.05) is 6.07 Å². The molecule has 3 fully saturated rings. The molecule has 5 rings (SSSR count). The summed E-state index contributed by atoms with van der Waals surface area (Å²) in [5.41, 5.74) is 3.86. The molecule has 0 radical (unpaired) electrons. The fraction of sp³-hybridized carbons (Fsp3) is 0.600. The first-order valence-electron chi connectivity index (χ1n) is 11.8. The van der Waals surface area contributed by atoms with Crippen LogP contribution in [-0.2, 0) is 22.5 Å². The number of hydrogen-bond donors (Lipinski definition) is 2. The molecule has 2 N–H and O–H groups in total. The molecule has 166 valence electrons. The van der Waals surface area contributed by atoms with E-state index < -0.39 is 6.04 Å². The molecular weight excluding hydrogens is 390 g/mol. The maximum atomic E-state index is 13.0. The van der Waals surface area contributed by atoms with E-state index in [1.165, 1.54) is 31.2 Å². The quantitative estimate of drug-likeness (QED) is 0.764. The van der Waals surface area contributed by atoms with E-state index in [0.717, 1.165) is 49.3 Å². The zero-order chi connectivity index (χ0) is 21.4. The Morgan fingerprint density at radius 2 is 2.03 bits per heavy atom. The van der Waals surface area contributed by atoms with Crippen LogP contribution in [0.4, 0.5) is 0 Å². The second kappa shape index (κ2) is 8.75. The summed E-state index contributed by atoms with van der Waals surface area (Å²) in [6, 6.07) is 6.95. The predicted octanol–water partition coefficient (Wildman–Crippen LogP) is 2.91.